The third kappa shape index (κ3) is 3.00. The Hall–Kier alpha value is -2.07. The smallest absolute Gasteiger partial charge is 0.251 e. The fraction of sp³-hybridized carbons (Fsp3) is 0.353. The molecule has 1 aliphatic heterocycles. The molecular weight excluding hydrogens is 264 g/mol. The predicted octanol–water partition coefficient (Wildman–Crippen LogP) is 2.72. The summed E-state index contributed by atoms with van der Waals surface area (Å²) < 4.78 is 5.55. The second-order valence-corrected chi connectivity index (χ2v) is 5.55. The van der Waals surface area contributed by atoms with Gasteiger partial charge in [0.1, 0.15) is 11.5 Å². The first kappa shape index (κ1) is 13.9. The molecule has 2 N–H and O–H groups in total. The molecule has 0 bridgehead atoms. The number of furan rings is 1. The van der Waals surface area contributed by atoms with Crippen LogP contribution < -0.4 is 10.6 Å². The highest BCUT2D eigenvalue weighted by atomic mass is 16.3. The van der Waals surface area contributed by atoms with Gasteiger partial charge in [-0.05, 0) is 62.2 Å². The number of benzene rings is 1. The van der Waals surface area contributed by atoms with Gasteiger partial charge in [-0.1, -0.05) is 6.07 Å². The molecule has 3 rings (SSSR count). The van der Waals surface area contributed by atoms with Crippen molar-refractivity contribution in [1.82, 2.24) is 10.6 Å². The van der Waals surface area contributed by atoms with Crippen LogP contribution in [0.4, 0.5) is 0 Å². The number of amides is 1. The van der Waals surface area contributed by atoms with E-state index >= 15 is 0 Å². The lowest BCUT2D eigenvalue weighted by Crippen LogP contribution is -2.28. The van der Waals surface area contributed by atoms with Crippen molar-refractivity contribution >= 4 is 5.91 Å². The minimum atomic E-state index is -0.139. The van der Waals surface area contributed by atoms with E-state index in [2.05, 4.69) is 16.7 Å². The Morgan fingerprint density at radius 2 is 2.14 bits per heavy atom. The number of carbonyl (C=O) groups is 1. The number of nitrogens with one attached hydrogen (secondary N) is 2. The maximum absolute atomic E-state index is 12.3. The largest absolute Gasteiger partial charge is 0.464 e. The summed E-state index contributed by atoms with van der Waals surface area (Å²) in [4.78, 5) is 12.3. The molecule has 0 saturated heterocycles. The minimum absolute atomic E-state index is 0.0649. The van der Waals surface area contributed by atoms with E-state index in [9.17, 15) is 4.79 Å². The molecule has 0 fully saturated rings. The summed E-state index contributed by atoms with van der Waals surface area (Å²) in [6, 6.07) is 9.61. The molecule has 1 unspecified atom stereocenters. The highest BCUT2D eigenvalue weighted by molar-refractivity contribution is 5.94. The lowest BCUT2D eigenvalue weighted by molar-refractivity contribution is 0.0935. The van der Waals surface area contributed by atoms with Crippen molar-refractivity contribution in [2.45, 2.75) is 32.9 Å². The first-order chi connectivity index (χ1) is 10.1. The molecule has 2 heterocycles. The summed E-state index contributed by atoms with van der Waals surface area (Å²) in [6.45, 7) is 5.67. The van der Waals surface area contributed by atoms with Crippen LogP contribution in [0.1, 0.15) is 46.0 Å². The average Bonchev–Trinajstić information content (AvgIpc) is 2.93. The zero-order chi connectivity index (χ0) is 14.8. The number of fused-ring (bicyclic) bond motifs is 1. The SMILES string of the molecule is Cc1ccc(C(C)NC(=O)c2ccc3c(c2)CNCC3)o1. The summed E-state index contributed by atoms with van der Waals surface area (Å²) in [7, 11) is 0. The van der Waals surface area contributed by atoms with Crippen LogP contribution in [0.2, 0.25) is 0 Å². The molecule has 0 radical (unpaired) electrons. The number of hydrogen-bond donors (Lipinski definition) is 2. The van der Waals surface area contributed by atoms with Crippen LogP contribution in [-0.4, -0.2) is 12.5 Å². The Kier molecular flexibility index (Phi) is 3.80. The van der Waals surface area contributed by atoms with Gasteiger partial charge in [0.2, 0.25) is 0 Å². The van der Waals surface area contributed by atoms with Crippen molar-refractivity contribution < 1.29 is 9.21 Å². The van der Waals surface area contributed by atoms with E-state index in [1.807, 2.05) is 38.1 Å². The second-order valence-electron chi connectivity index (χ2n) is 5.55. The third-order valence-corrected chi connectivity index (χ3v) is 3.89. The third-order valence-electron chi connectivity index (χ3n) is 3.89. The lowest BCUT2D eigenvalue weighted by Gasteiger charge is -2.18. The highest BCUT2D eigenvalue weighted by Gasteiger charge is 2.16. The summed E-state index contributed by atoms with van der Waals surface area (Å²) >= 11 is 0. The van der Waals surface area contributed by atoms with Crippen LogP contribution >= 0.6 is 0 Å². The van der Waals surface area contributed by atoms with Gasteiger partial charge < -0.3 is 15.1 Å². The minimum Gasteiger partial charge on any atom is -0.464 e. The number of carbonyl (C=O) groups excluding carboxylic acids is 1. The average molecular weight is 284 g/mol. The van der Waals surface area contributed by atoms with Crippen LogP contribution in [0.25, 0.3) is 0 Å². The molecule has 1 atom stereocenters. The molecule has 1 amide bonds. The van der Waals surface area contributed by atoms with Gasteiger partial charge in [-0.3, -0.25) is 4.79 Å². The Morgan fingerprint density at radius 3 is 2.90 bits per heavy atom. The highest BCUT2D eigenvalue weighted by Crippen LogP contribution is 2.18. The van der Waals surface area contributed by atoms with Crippen molar-refractivity contribution in [3.8, 4) is 0 Å². The fourth-order valence-electron chi connectivity index (χ4n) is 2.66. The Balaban J connectivity index is 1.73. The van der Waals surface area contributed by atoms with Gasteiger partial charge in [-0.25, -0.2) is 0 Å². The van der Waals surface area contributed by atoms with Crippen LogP contribution in [0, 0.1) is 6.92 Å². The molecule has 2 aromatic rings. The monoisotopic (exact) mass is 284 g/mol. The van der Waals surface area contributed by atoms with E-state index in [-0.39, 0.29) is 11.9 Å². The fourth-order valence-corrected chi connectivity index (χ4v) is 2.66. The van der Waals surface area contributed by atoms with Crippen LogP contribution in [-0.2, 0) is 13.0 Å². The zero-order valence-electron chi connectivity index (χ0n) is 12.4. The molecule has 0 saturated carbocycles. The van der Waals surface area contributed by atoms with Crippen LogP contribution in [0.3, 0.4) is 0 Å². The molecule has 0 aliphatic carbocycles. The van der Waals surface area contributed by atoms with Crippen LogP contribution in [0.15, 0.2) is 34.7 Å². The molecule has 21 heavy (non-hydrogen) atoms. The van der Waals surface area contributed by atoms with Gasteiger partial charge in [-0.2, -0.15) is 0 Å². The van der Waals surface area contributed by atoms with Crippen molar-refractivity contribution in [2.24, 2.45) is 0 Å². The molecule has 0 spiro atoms. The summed E-state index contributed by atoms with van der Waals surface area (Å²) in [5, 5.41) is 6.31. The Bertz CT molecular complexity index is 661. The van der Waals surface area contributed by atoms with E-state index in [1.54, 1.807) is 0 Å². The van der Waals surface area contributed by atoms with Gasteiger partial charge in [0, 0.05) is 12.1 Å². The topological polar surface area (TPSA) is 54.3 Å². The molecular formula is C17H20N2O2. The molecule has 1 aliphatic rings. The second kappa shape index (κ2) is 5.74. The molecule has 1 aromatic carbocycles. The van der Waals surface area contributed by atoms with Gasteiger partial charge in [0.05, 0.1) is 6.04 Å². The van der Waals surface area contributed by atoms with Crippen molar-refractivity contribution in [1.29, 1.82) is 0 Å². The lowest BCUT2D eigenvalue weighted by atomic mass is 9.98. The predicted molar refractivity (Wildman–Crippen MR) is 81.2 cm³/mol. The Morgan fingerprint density at radius 1 is 1.29 bits per heavy atom. The summed E-state index contributed by atoms with van der Waals surface area (Å²) in [5.74, 6) is 1.57. The molecule has 1 aromatic heterocycles. The van der Waals surface area contributed by atoms with Gasteiger partial charge in [0.25, 0.3) is 5.91 Å². The molecule has 4 heteroatoms. The van der Waals surface area contributed by atoms with Gasteiger partial charge in [-0.15, -0.1) is 0 Å². The van der Waals surface area contributed by atoms with Crippen molar-refractivity contribution in [3.05, 3.63) is 58.5 Å². The van der Waals surface area contributed by atoms with Gasteiger partial charge >= 0.3 is 0 Å². The first-order valence-electron chi connectivity index (χ1n) is 7.33. The number of rotatable bonds is 3. The van der Waals surface area contributed by atoms with E-state index < -0.39 is 0 Å². The zero-order valence-corrected chi connectivity index (χ0v) is 12.4. The quantitative estimate of drug-likeness (QED) is 0.911. The molecule has 4 nitrogen and oxygen atoms in total. The maximum Gasteiger partial charge on any atom is 0.251 e. The van der Waals surface area contributed by atoms with E-state index in [1.165, 1.54) is 11.1 Å². The number of hydrogen-bond acceptors (Lipinski definition) is 3. The van der Waals surface area contributed by atoms with Crippen LogP contribution in [0.5, 0.6) is 0 Å². The number of aryl methyl sites for hydroxylation is 1. The van der Waals surface area contributed by atoms with E-state index in [0.29, 0.717) is 5.56 Å². The van der Waals surface area contributed by atoms with Crippen molar-refractivity contribution in [2.75, 3.05) is 6.54 Å². The molecule has 110 valence electrons. The standard InChI is InChI=1S/C17H20N2O2/c1-11-3-6-16(21-11)12(2)19-17(20)14-5-4-13-7-8-18-10-15(13)9-14/h3-6,9,12,18H,7-8,10H2,1-2H3,(H,19,20). The summed E-state index contributed by atoms with van der Waals surface area (Å²) in [6.07, 6.45) is 1.03. The normalized spacial score (nSPS) is 15.3. The Labute approximate surface area is 124 Å². The maximum atomic E-state index is 12.3. The first-order valence-corrected chi connectivity index (χ1v) is 7.33. The van der Waals surface area contributed by atoms with Crippen molar-refractivity contribution in [3.63, 3.8) is 0 Å². The van der Waals surface area contributed by atoms with Gasteiger partial charge in [0.15, 0.2) is 0 Å². The summed E-state index contributed by atoms with van der Waals surface area (Å²) in [5.41, 5.74) is 3.25. The van der Waals surface area contributed by atoms with E-state index in [4.69, 9.17) is 4.42 Å². The van der Waals surface area contributed by atoms with E-state index in [0.717, 1.165) is 31.0 Å².